The highest BCUT2D eigenvalue weighted by Gasteiger charge is 2.18. The summed E-state index contributed by atoms with van der Waals surface area (Å²) in [5.74, 6) is -0.257. The summed E-state index contributed by atoms with van der Waals surface area (Å²) in [6, 6.07) is 7.31. The van der Waals surface area contributed by atoms with Crippen LogP contribution in [0.3, 0.4) is 0 Å². The molecule has 0 atom stereocenters. The normalized spacial score (nSPS) is 11.4. The van der Waals surface area contributed by atoms with E-state index in [0.29, 0.717) is 16.4 Å². The van der Waals surface area contributed by atoms with Gasteiger partial charge in [-0.25, -0.2) is 13.6 Å². The molecular weight excluding hydrogens is 314 g/mol. The lowest BCUT2D eigenvalue weighted by Crippen LogP contribution is -2.28. The maximum Gasteiger partial charge on any atom is 0.274 e. The van der Waals surface area contributed by atoms with Crippen LogP contribution in [0, 0.1) is 0 Å². The van der Waals surface area contributed by atoms with Gasteiger partial charge in [0.2, 0.25) is 10.0 Å². The predicted octanol–water partition coefficient (Wildman–Crippen LogP) is 1.60. The second-order valence-corrected chi connectivity index (χ2v) is 6.56. The van der Waals surface area contributed by atoms with E-state index in [2.05, 4.69) is 0 Å². The number of hydrogen-bond donors (Lipinski definition) is 1. The number of halogens is 1. The Labute approximate surface area is 127 Å². The van der Waals surface area contributed by atoms with Crippen LogP contribution in [-0.2, 0) is 17.1 Å². The van der Waals surface area contributed by atoms with Crippen LogP contribution < -0.4 is 10.0 Å². The third-order valence-corrected chi connectivity index (χ3v) is 4.18. The molecule has 1 aromatic carbocycles. The van der Waals surface area contributed by atoms with Crippen molar-refractivity contribution in [3.8, 4) is 0 Å². The lowest BCUT2D eigenvalue weighted by atomic mass is 10.2. The molecule has 6 nitrogen and oxygen atoms in total. The first kappa shape index (κ1) is 15.6. The van der Waals surface area contributed by atoms with E-state index in [9.17, 15) is 13.2 Å². The van der Waals surface area contributed by atoms with Gasteiger partial charge in [0.1, 0.15) is 5.69 Å². The summed E-state index contributed by atoms with van der Waals surface area (Å²) in [6.45, 7) is 0. The van der Waals surface area contributed by atoms with Crippen molar-refractivity contribution in [2.24, 2.45) is 12.2 Å². The van der Waals surface area contributed by atoms with Gasteiger partial charge in [0, 0.05) is 26.0 Å². The Morgan fingerprint density at radius 1 is 1.29 bits per heavy atom. The molecule has 0 aliphatic carbocycles. The number of aromatic nitrogens is 1. The summed E-state index contributed by atoms with van der Waals surface area (Å²) in [5, 5.41) is 5.50. The van der Waals surface area contributed by atoms with Crippen molar-refractivity contribution in [2.75, 3.05) is 11.9 Å². The van der Waals surface area contributed by atoms with Crippen LogP contribution in [0.2, 0.25) is 5.02 Å². The summed E-state index contributed by atoms with van der Waals surface area (Å²) >= 11 is 5.86. The molecule has 112 valence electrons. The molecule has 0 unspecified atom stereocenters. The molecule has 0 radical (unpaired) electrons. The predicted molar refractivity (Wildman–Crippen MR) is 81.0 cm³/mol. The first-order valence-corrected chi connectivity index (χ1v) is 7.85. The van der Waals surface area contributed by atoms with Gasteiger partial charge in [0.05, 0.1) is 9.92 Å². The summed E-state index contributed by atoms with van der Waals surface area (Å²) in [6.07, 6.45) is 1.63. The average Bonchev–Trinajstić information content (AvgIpc) is 2.75. The minimum absolute atomic E-state index is 0.00555. The summed E-state index contributed by atoms with van der Waals surface area (Å²) < 4.78 is 24.0. The fourth-order valence-corrected chi connectivity index (χ4v) is 2.65. The van der Waals surface area contributed by atoms with Gasteiger partial charge in [-0.1, -0.05) is 11.6 Å². The van der Waals surface area contributed by atoms with Crippen molar-refractivity contribution in [1.29, 1.82) is 0 Å². The number of nitrogens with zero attached hydrogens (tertiary/aromatic N) is 2. The third-order valence-electron chi connectivity index (χ3n) is 3.05. The zero-order chi connectivity index (χ0) is 15.8. The first-order valence-electron chi connectivity index (χ1n) is 5.93. The van der Waals surface area contributed by atoms with Crippen LogP contribution in [0.25, 0.3) is 0 Å². The molecule has 2 N–H and O–H groups in total. The van der Waals surface area contributed by atoms with Gasteiger partial charge in [-0.3, -0.25) is 4.79 Å². The quantitative estimate of drug-likeness (QED) is 0.929. The molecule has 0 aliphatic rings. The smallest absolute Gasteiger partial charge is 0.274 e. The lowest BCUT2D eigenvalue weighted by molar-refractivity contribution is 0.0985. The zero-order valence-corrected chi connectivity index (χ0v) is 13.0. The number of rotatable bonds is 3. The van der Waals surface area contributed by atoms with E-state index in [1.807, 2.05) is 0 Å². The SMILES string of the molecule is CN(C(=O)c1cc(Cl)cn1C)c1ccc(S(N)(=O)=O)cc1. The van der Waals surface area contributed by atoms with Crippen molar-refractivity contribution >= 4 is 33.2 Å². The summed E-state index contributed by atoms with van der Waals surface area (Å²) in [7, 11) is -0.434. The zero-order valence-electron chi connectivity index (χ0n) is 11.4. The molecule has 0 spiro atoms. The van der Waals surface area contributed by atoms with Crippen LogP contribution in [-0.4, -0.2) is 25.9 Å². The minimum atomic E-state index is -3.75. The molecule has 0 saturated heterocycles. The molecule has 21 heavy (non-hydrogen) atoms. The largest absolute Gasteiger partial charge is 0.345 e. The monoisotopic (exact) mass is 327 g/mol. The van der Waals surface area contributed by atoms with E-state index < -0.39 is 10.0 Å². The van der Waals surface area contributed by atoms with Crippen LogP contribution >= 0.6 is 11.6 Å². The van der Waals surface area contributed by atoms with E-state index in [-0.39, 0.29) is 10.8 Å². The van der Waals surface area contributed by atoms with E-state index in [4.69, 9.17) is 16.7 Å². The van der Waals surface area contributed by atoms with E-state index in [1.54, 1.807) is 30.9 Å². The molecule has 2 aromatic rings. The number of sulfonamides is 1. The Bertz CT molecular complexity index is 781. The fraction of sp³-hybridized carbons (Fsp3) is 0.154. The Morgan fingerprint density at radius 3 is 2.29 bits per heavy atom. The van der Waals surface area contributed by atoms with Crippen molar-refractivity contribution in [3.63, 3.8) is 0 Å². The number of anilines is 1. The van der Waals surface area contributed by atoms with Crippen molar-refractivity contribution in [1.82, 2.24) is 4.57 Å². The van der Waals surface area contributed by atoms with Crippen LogP contribution in [0.15, 0.2) is 41.4 Å². The van der Waals surface area contributed by atoms with E-state index >= 15 is 0 Å². The highest BCUT2D eigenvalue weighted by atomic mass is 35.5. The van der Waals surface area contributed by atoms with Gasteiger partial charge in [-0.2, -0.15) is 0 Å². The lowest BCUT2D eigenvalue weighted by Gasteiger charge is -2.17. The highest BCUT2D eigenvalue weighted by molar-refractivity contribution is 7.89. The van der Waals surface area contributed by atoms with E-state index in [1.165, 1.54) is 29.2 Å². The number of benzene rings is 1. The molecule has 0 fully saturated rings. The number of hydrogen-bond acceptors (Lipinski definition) is 3. The number of nitrogens with two attached hydrogens (primary N) is 1. The van der Waals surface area contributed by atoms with Gasteiger partial charge in [0.25, 0.3) is 5.91 Å². The third kappa shape index (κ3) is 3.26. The van der Waals surface area contributed by atoms with Gasteiger partial charge >= 0.3 is 0 Å². The molecule has 1 amide bonds. The number of carbonyl (C=O) groups is 1. The average molecular weight is 328 g/mol. The maximum atomic E-state index is 12.4. The van der Waals surface area contributed by atoms with Crippen LogP contribution in [0.5, 0.6) is 0 Å². The Balaban J connectivity index is 2.30. The summed E-state index contributed by atoms with van der Waals surface area (Å²) in [4.78, 5) is 13.8. The second-order valence-electron chi connectivity index (χ2n) is 4.56. The molecule has 0 saturated carbocycles. The minimum Gasteiger partial charge on any atom is -0.345 e. The van der Waals surface area contributed by atoms with Crippen molar-refractivity contribution < 1.29 is 13.2 Å². The Hall–Kier alpha value is -1.83. The Kier molecular flexibility index (Phi) is 4.08. The maximum absolute atomic E-state index is 12.4. The fourth-order valence-electron chi connectivity index (χ4n) is 1.89. The van der Waals surface area contributed by atoms with Crippen LogP contribution in [0.1, 0.15) is 10.5 Å². The van der Waals surface area contributed by atoms with Crippen molar-refractivity contribution in [2.45, 2.75) is 4.90 Å². The van der Waals surface area contributed by atoms with E-state index in [0.717, 1.165) is 0 Å². The number of amides is 1. The number of primary sulfonamides is 1. The topological polar surface area (TPSA) is 85.4 Å². The summed E-state index contributed by atoms with van der Waals surface area (Å²) in [5.41, 5.74) is 0.975. The molecule has 2 rings (SSSR count). The molecule has 0 aliphatic heterocycles. The van der Waals surface area contributed by atoms with Crippen LogP contribution in [0.4, 0.5) is 5.69 Å². The highest BCUT2D eigenvalue weighted by Crippen LogP contribution is 2.20. The number of aryl methyl sites for hydroxylation is 1. The van der Waals surface area contributed by atoms with Gasteiger partial charge < -0.3 is 9.47 Å². The molecule has 1 aromatic heterocycles. The first-order chi connectivity index (χ1) is 9.70. The molecule has 0 bridgehead atoms. The standard InChI is InChI=1S/C13H14ClN3O3S/c1-16-8-9(14)7-12(16)13(18)17(2)10-3-5-11(6-4-10)21(15,19)20/h3-8H,1-2H3,(H2,15,19,20). The van der Waals surface area contributed by atoms with Crippen molar-refractivity contribution in [3.05, 3.63) is 47.2 Å². The Morgan fingerprint density at radius 2 is 1.86 bits per heavy atom. The molecular formula is C13H14ClN3O3S. The van der Waals surface area contributed by atoms with Gasteiger partial charge in [-0.05, 0) is 30.3 Å². The second kappa shape index (κ2) is 5.51. The molecule has 1 heterocycles. The van der Waals surface area contributed by atoms with Gasteiger partial charge in [0.15, 0.2) is 0 Å². The van der Waals surface area contributed by atoms with Gasteiger partial charge in [-0.15, -0.1) is 0 Å². The molecule has 8 heteroatoms. The number of carbonyl (C=O) groups excluding carboxylic acids is 1.